The summed E-state index contributed by atoms with van der Waals surface area (Å²) in [7, 11) is 0. The van der Waals surface area contributed by atoms with Crippen molar-refractivity contribution in [1.29, 1.82) is 0 Å². The number of thiazole rings is 1. The van der Waals surface area contributed by atoms with Gasteiger partial charge in [0.05, 0.1) is 18.9 Å². The third kappa shape index (κ3) is 6.09. The summed E-state index contributed by atoms with van der Waals surface area (Å²) >= 11 is 1.61. The Kier molecular flexibility index (Phi) is 7.26. The van der Waals surface area contributed by atoms with Crippen LogP contribution in [0.4, 0.5) is 10.9 Å². The predicted octanol–water partition coefficient (Wildman–Crippen LogP) is 2.78. The zero-order chi connectivity index (χ0) is 21.6. The number of carbonyl (C=O) groups is 1. The van der Waals surface area contributed by atoms with Crippen molar-refractivity contribution in [3.8, 4) is 0 Å². The molecule has 2 aliphatic heterocycles. The molecule has 0 unspecified atom stereocenters. The van der Waals surface area contributed by atoms with E-state index in [1.54, 1.807) is 11.3 Å². The Balaban J connectivity index is 1.51. The van der Waals surface area contributed by atoms with Gasteiger partial charge in [-0.2, -0.15) is 0 Å². The Labute approximate surface area is 187 Å². The van der Waals surface area contributed by atoms with Crippen LogP contribution in [0.15, 0.2) is 24.9 Å². The molecule has 2 fully saturated rings. The lowest BCUT2D eigenvalue weighted by molar-refractivity contribution is -0.127. The Morgan fingerprint density at radius 3 is 2.94 bits per heavy atom. The van der Waals surface area contributed by atoms with Crippen molar-refractivity contribution in [2.45, 2.75) is 32.7 Å². The van der Waals surface area contributed by atoms with Crippen LogP contribution in [0.3, 0.4) is 0 Å². The van der Waals surface area contributed by atoms with E-state index in [1.807, 2.05) is 24.1 Å². The molecule has 0 aliphatic carbocycles. The predicted molar refractivity (Wildman–Crippen MR) is 121 cm³/mol. The minimum Gasteiger partial charge on any atom is -0.379 e. The van der Waals surface area contributed by atoms with Gasteiger partial charge in [0.2, 0.25) is 5.91 Å². The number of aromatic nitrogens is 3. The highest BCUT2D eigenvalue weighted by Crippen LogP contribution is 2.24. The van der Waals surface area contributed by atoms with Gasteiger partial charge in [-0.3, -0.25) is 9.69 Å². The van der Waals surface area contributed by atoms with Gasteiger partial charge in [-0.05, 0) is 31.8 Å². The van der Waals surface area contributed by atoms with Crippen LogP contribution >= 0.6 is 11.3 Å². The second-order valence-electron chi connectivity index (χ2n) is 8.15. The van der Waals surface area contributed by atoms with E-state index in [9.17, 15) is 4.79 Å². The first-order valence-corrected chi connectivity index (χ1v) is 11.7. The third-order valence-corrected chi connectivity index (χ3v) is 6.48. The fourth-order valence-corrected chi connectivity index (χ4v) is 4.79. The van der Waals surface area contributed by atoms with Crippen LogP contribution in [0.25, 0.3) is 0 Å². The minimum absolute atomic E-state index is 0.00758. The molecule has 31 heavy (non-hydrogen) atoms. The van der Waals surface area contributed by atoms with Gasteiger partial charge in [-0.15, -0.1) is 11.3 Å². The molecule has 0 aromatic carbocycles. The number of amides is 1. The molecule has 2 aromatic heterocycles. The van der Waals surface area contributed by atoms with Gasteiger partial charge in [-0.1, -0.05) is 6.58 Å². The van der Waals surface area contributed by atoms with Gasteiger partial charge < -0.3 is 15.0 Å². The summed E-state index contributed by atoms with van der Waals surface area (Å²) in [6.45, 7) is 11.3. The molecule has 4 rings (SSSR count). The monoisotopic (exact) mass is 442 g/mol. The highest BCUT2D eigenvalue weighted by Gasteiger charge is 2.24. The molecule has 4 heterocycles. The van der Waals surface area contributed by atoms with Crippen molar-refractivity contribution >= 4 is 28.2 Å². The van der Waals surface area contributed by atoms with Gasteiger partial charge in [0, 0.05) is 56.3 Å². The van der Waals surface area contributed by atoms with Gasteiger partial charge in [-0.25, -0.2) is 15.0 Å². The maximum Gasteiger partial charge on any atom is 0.245 e. The number of carbonyl (C=O) groups excluding carboxylic acids is 1. The Morgan fingerprint density at radius 2 is 2.19 bits per heavy atom. The lowest BCUT2D eigenvalue weighted by Gasteiger charge is -2.32. The molecule has 8 nitrogen and oxygen atoms in total. The topological polar surface area (TPSA) is 83.5 Å². The molecule has 2 aromatic rings. The van der Waals surface area contributed by atoms with Gasteiger partial charge in [0.1, 0.15) is 11.6 Å². The number of hydrogen-bond donors (Lipinski definition) is 1. The average Bonchev–Trinajstić information content (AvgIpc) is 3.18. The quantitative estimate of drug-likeness (QED) is 0.660. The molecule has 1 N–H and O–H groups in total. The molecule has 0 spiro atoms. The van der Waals surface area contributed by atoms with Crippen LogP contribution in [0.2, 0.25) is 0 Å². The number of likely N-dealkylation sites (tertiary alicyclic amines) is 1. The van der Waals surface area contributed by atoms with E-state index in [2.05, 4.69) is 21.8 Å². The second kappa shape index (κ2) is 10.3. The molecule has 2 aliphatic rings. The first-order valence-electron chi connectivity index (χ1n) is 10.9. The Morgan fingerprint density at radius 1 is 1.35 bits per heavy atom. The van der Waals surface area contributed by atoms with Crippen LogP contribution in [0, 0.1) is 12.8 Å². The number of hydrogen-bond acceptors (Lipinski definition) is 8. The van der Waals surface area contributed by atoms with Crippen molar-refractivity contribution in [2.75, 3.05) is 44.7 Å². The van der Waals surface area contributed by atoms with Crippen LogP contribution in [-0.4, -0.2) is 70.1 Å². The van der Waals surface area contributed by atoms with Gasteiger partial charge >= 0.3 is 0 Å². The zero-order valence-electron chi connectivity index (χ0n) is 18.0. The molecule has 9 heteroatoms. The molecule has 0 radical (unpaired) electrons. The Hall–Kier alpha value is -2.36. The lowest BCUT2D eigenvalue weighted by Crippen LogP contribution is -2.39. The molecule has 0 bridgehead atoms. The summed E-state index contributed by atoms with van der Waals surface area (Å²) < 4.78 is 5.47. The van der Waals surface area contributed by atoms with E-state index in [1.165, 1.54) is 6.08 Å². The normalized spacial score (nSPS) is 19.9. The lowest BCUT2D eigenvalue weighted by atomic mass is 9.94. The molecule has 166 valence electrons. The van der Waals surface area contributed by atoms with Crippen LogP contribution in [-0.2, 0) is 22.5 Å². The fraction of sp³-hybridized carbons (Fsp3) is 0.545. The number of nitrogens with zero attached hydrogens (tertiary/aromatic N) is 5. The smallest absolute Gasteiger partial charge is 0.245 e. The van der Waals surface area contributed by atoms with Gasteiger partial charge in [0.15, 0.2) is 5.13 Å². The summed E-state index contributed by atoms with van der Waals surface area (Å²) in [6, 6.07) is 2.02. The fourth-order valence-electron chi connectivity index (χ4n) is 4.12. The van der Waals surface area contributed by atoms with Crippen molar-refractivity contribution in [3.63, 3.8) is 0 Å². The van der Waals surface area contributed by atoms with E-state index in [0.29, 0.717) is 5.92 Å². The average molecular weight is 443 g/mol. The molecule has 2 saturated heterocycles. The van der Waals surface area contributed by atoms with Crippen LogP contribution < -0.4 is 5.32 Å². The molecule has 1 amide bonds. The number of aryl methyl sites for hydroxylation is 1. The summed E-state index contributed by atoms with van der Waals surface area (Å²) in [6.07, 6.45) is 6.09. The number of rotatable bonds is 7. The third-order valence-electron chi connectivity index (χ3n) is 5.65. The van der Waals surface area contributed by atoms with Gasteiger partial charge in [0.25, 0.3) is 0 Å². The number of anilines is 2. The summed E-state index contributed by atoms with van der Waals surface area (Å²) in [5.41, 5.74) is 0.998. The number of nitrogens with one attached hydrogen (secondary N) is 1. The number of morpholine rings is 1. The molecule has 0 saturated carbocycles. The molecule has 1 atom stereocenters. The van der Waals surface area contributed by atoms with Crippen LogP contribution in [0.5, 0.6) is 0 Å². The molecular formula is C22H30N6O2S. The van der Waals surface area contributed by atoms with Crippen molar-refractivity contribution in [1.82, 2.24) is 24.8 Å². The largest absolute Gasteiger partial charge is 0.379 e. The van der Waals surface area contributed by atoms with E-state index >= 15 is 0 Å². The second-order valence-corrected chi connectivity index (χ2v) is 9.39. The molecular weight excluding hydrogens is 412 g/mol. The minimum atomic E-state index is 0.00758. The first-order chi connectivity index (χ1) is 15.1. The highest BCUT2D eigenvalue weighted by atomic mass is 32.1. The Bertz CT molecular complexity index is 911. The standard InChI is InChI=1S/C22H30N6O2S/c1-3-21(29)28-6-4-5-17(14-28)11-19-24-18(15-27-7-9-30-10-8-27)12-20(25-19)26-22-23-13-16(2)31-22/h3,12-13,17H,1,4-11,14-15H2,2H3,(H,23,24,25,26)/t17-/m0/s1. The van der Waals surface area contributed by atoms with Crippen molar-refractivity contribution in [2.24, 2.45) is 5.92 Å². The SMILES string of the molecule is C=CC(=O)N1CCC[C@@H](Cc2nc(CN3CCOCC3)cc(Nc3ncc(C)s3)n2)C1. The first kappa shape index (κ1) is 21.9. The zero-order valence-corrected chi connectivity index (χ0v) is 18.9. The van der Waals surface area contributed by atoms with E-state index < -0.39 is 0 Å². The van der Waals surface area contributed by atoms with E-state index in [-0.39, 0.29) is 5.91 Å². The number of ether oxygens (including phenoxy) is 1. The highest BCUT2D eigenvalue weighted by molar-refractivity contribution is 7.15. The van der Waals surface area contributed by atoms with E-state index in [4.69, 9.17) is 14.7 Å². The van der Waals surface area contributed by atoms with E-state index in [0.717, 1.165) is 92.5 Å². The van der Waals surface area contributed by atoms with Crippen LogP contribution in [0.1, 0.15) is 29.2 Å². The van der Waals surface area contributed by atoms with Crippen molar-refractivity contribution in [3.05, 3.63) is 41.3 Å². The van der Waals surface area contributed by atoms with Crippen molar-refractivity contribution < 1.29 is 9.53 Å². The summed E-state index contributed by atoms with van der Waals surface area (Å²) in [5, 5.41) is 4.18. The number of piperidine rings is 1. The maximum absolute atomic E-state index is 12.0. The summed E-state index contributed by atoms with van der Waals surface area (Å²) in [5.74, 6) is 1.95. The summed E-state index contributed by atoms with van der Waals surface area (Å²) in [4.78, 5) is 31.5. The maximum atomic E-state index is 12.0.